The van der Waals surface area contributed by atoms with E-state index in [2.05, 4.69) is 36.8 Å². The van der Waals surface area contributed by atoms with Crippen LogP contribution in [0.15, 0.2) is 48.7 Å². The lowest BCUT2D eigenvalue weighted by Crippen LogP contribution is -2.45. The molecule has 2 unspecified atom stereocenters. The van der Waals surface area contributed by atoms with E-state index < -0.39 is 35.1 Å². The molecule has 2 bridgehead atoms. The first-order chi connectivity index (χ1) is 42.3. The number of ether oxygens (including phenoxy) is 9. The summed E-state index contributed by atoms with van der Waals surface area (Å²) in [5.41, 5.74) is 4.22. The summed E-state index contributed by atoms with van der Waals surface area (Å²) in [5.74, 6) is -7.57. The summed E-state index contributed by atoms with van der Waals surface area (Å²) in [6.45, 7) is 10.5. The van der Waals surface area contributed by atoms with Crippen LogP contribution in [0.2, 0.25) is 0 Å². The van der Waals surface area contributed by atoms with Gasteiger partial charge in [0.2, 0.25) is 23.5 Å². The minimum Gasteiger partial charge on any atom is -0.420 e. The van der Waals surface area contributed by atoms with Gasteiger partial charge >= 0.3 is 5.97 Å². The number of imidazole rings is 1. The Morgan fingerprint density at radius 2 is 1.25 bits per heavy atom. The molecule has 25 heteroatoms. The van der Waals surface area contributed by atoms with Gasteiger partial charge in [0, 0.05) is 86.8 Å². The number of nitrogens with zero attached hydrogens (tertiary/aromatic N) is 7. The maximum absolute atomic E-state index is 13.9. The minimum atomic E-state index is -2.67. The zero-order valence-corrected chi connectivity index (χ0v) is 50.2. The van der Waals surface area contributed by atoms with Gasteiger partial charge in [-0.05, 0) is 76.7 Å². The molecule has 1 N–H and O–H groups in total. The van der Waals surface area contributed by atoms with E-state index in [1.807, 2.05) is 41.4 Å². The van der Waals surface area contributed by atoms with Crippen LogP contribution < -0.4 is 10.1 Å². The number of piperidine rings is 1. The summed E-state index contributed by atoms with van der Waals surface area (Å²) in [6, 6.07) is 11.9. The number of aromatic nitrogens is 5. The first-order valence-corrected chi connectivity index (χ1v) is 31.0. The van der Waals surface area contributed by atoms with Crippen LogP contribution in [0.25, 0.3) is 0 Å². The predicted molar refractivity (Wildman–Crippen MR) is 307 cm³/mol. The van der Waals surface area contributed by atoms with Gasteiger partial charge in [-0.15, -0.1) is 5.10 Å². The van der Waals surface area contributed by atoms with Crippen LogP contribution >= 0.6 is 0 Å². The molecule has 4 aromatic rings. The van der Waals surface area contributed by atoms with Crippen molar-refractivity contribution in [2.75, 3.05) is 119 Å². The predicted octanol–water partition coefficient (Wildman–Crippen LogP) is 7.87. The number of fused-ring (bicyclic) bond motifs is 3. The molecule has 482 valence electrons. The van der Waals surface area contributed by atoms with Gasteiger partial charge in [0.25, 0.3) is 0 Å². The number of halogens is 5. The summed E-state index contributed by atoms with van der Waals surface area (Å²) in [6.07, 6.45) is 10.4. The Bertz CT molecular complexity index is 2680. The van der Waals surface area contributed by atoms with Crippen molar-refractivity contribution in [1.29, 1.82) is 0 Å². The molecule has 2 amide bonds. The van der Waals surface area contributed by atoms with Crippen molar-refractivity contribution < 1.29 is 79.0 Å². The van der Waals surface area contributed by atoms with Crippen molar-refractivity contribution in [3.63, 3.8) is 0 Å². The van der Waals surface area contributed by atoms with Crippen LogP contribution in [0.5, 0.6) is 5.75 Å². The number of alkyl halides is 2. The van der Waals surface area contributed by atoms with Gasteiger partial charge in [-0.25, -0.2) is 31.6 Å². The maximum atomic E-state index is 13.9. The van der Waals surface area contributed by atoms with E-state index in [0.717, 1.165) is 87.1 Å². The SMILES string of the molecule is Cc1nc2c(n1C1CC3CCC(C1)N3CC[C@H](NC(=O)C1CCC(F)(F)CC1)c1ccccc1)CCN(C(=O)CCCCc1cn(CCOCCOCCOCCOCCOCCOCCOCCOCCC(=O)Oc3c(F)cc(F)cc3F)nn1)C2. The van der Waals surface area contributed by atoms with Gasteiger partial charge in [-0.3, -0.25) is 19.3 Å². The number of nitrogens with one attached hydrogen (secondary N) is 1. The molecule has 8 rings (SSSR count). The van der Waals surface area contributed by atoms with Crippen LogP contribution in [-0.4, -0.2) is 189 Å². The highest BCUT2D eigenvalue weighted by Crippen LogP contribution is 2.43. The van der Waals surface area contributed by atoms with Crippen LogP contribution in [0, 0.1) is 30.3 Å². The summed E-state index contributed by atoms with van der Waals surface area (Å²) in [5, 5.41) is 11.8. The summed E-state index contributed by atoms with van der Waals surface area (Å²) in [4.78, 5) is 48.3. The number of unbranched alkanes of at least 4 members (excludes halogenated alkanes) is 1. The number of aryl methyl sites for hydroxylation is 2. The largest absolute Gasteiger partial charge is 0.420 e. The van der Waals surface area contributed by atoms with E-state index in [4.69, 9.17) is 42.9 Å². The molecular formula is C62H87F5N8O12. The average Bonchev–Trinajstić information content (AvgIpc) is 1.77. The van der Waals surface area contributed by atoms with E-state index in [-0.39, 0.29) is 75.7 Å². The Kier molecular flexibility index (Phi) is 27.6. The number of amides is 2. The summed E-state index contributed by atoms with van der Waals surface area (Å²) in [7, 11) is 0. The van der Waals surface area contributed by atoms with Crippen LogP contribution in [0.3, 0.4) is 0 Å². The average molecular weight is 1230 g/mol. The molecular weight excluding hydrogens is 1140 g/mol. The second-order valence-corrected chi connectivity index (χ2v) is 22.6. The highest BCUT2D eigenvalue weighted by molar-refractivity contribution is 5.79. The van der Waals surface area contributed by atoms with E-state index in [0.29, 0.717) is 142 Å². The molecule has 87 heavy (non-hydrogen) atoms. The first kappa shape index (κ1) is 67.4. The minimum absolute atomic E-state index is 0.0472. The lowest BCUT2D eigenvalue weighted by molar-refractivity contribution is -0.136. The summed E-state index contributed by atoms with van der Waals surface area (Å²) >= 11 is 0. The molecule has 5 heterocycles. The number of hydrogen-bond donors (Lipinski definition) is 1. The molecule has 1 saturated carbocycles. The topological polar surface area (TPSA) is 201 Å². The smallest absolute Gasteiger partial charge is 0.313 e. The van der Waals surface area contributed by atoms with Crippen molar-refractivity contribution in [3.05, 3.63) is 94.6 Å². The number of rotatable bonds is 40. The second-order valence-electron chi connectivity index (χ2n) is 22.6. The Morgan fingerprint density at radius 1 is 0.690 bits per heavy atom. The van der Waals surface area contributed by atoms with Crippen molar-refractivity contribution in [3.8, 4) is 5.75 Å². The second kappa shape index (κ2) is 35.6. The Hall–Kier alpha value is -5.51. The third kappa shape index (κ3) is 21.9. The standard InChI is InChI=1S/C62H87F5N8O12/c1-45-68-56-44-72(20-16-57(56)75(45)52-41-50-11-12-51(42-52)74(50)21-15-55(46-7-3-2-4-8-46)69-61(78)47-13-18-62(66,67)19-14-47)58(76)10-6-5-9-49-43-73(71-70-49)22-24-80-26-28-82-30-32-84-34-36-86-38-37-85-35-33-83-31-29-81-27-25-79-23-17-59(77)87-60-53(64)39-48(63)40-54(60)65/h2-4,7-8,39-40,43,47,50-52,55H,5-6,9-38,41-42,44H2,1H3,(H,69,78)/t50?,51?,52?,55-/m0/s1. The molecule has 1 aliphatic carbocycles. The van der Waals surface area contributed by atoms with Crippen LogP contribution in [0.1, 0.15) is 124 Å². The molecule has 4 aliphatic rings. The number of carbonyl (C=O) groups excluding carboxylic acids is 3. The number of benzene rings is 2. The molecule has 2 aromatic heterocycles. The Morgan fingerprint density at radius 3 is 1.84 bits per heavy atom. The van der Waals surface area contributed by atoms with Crippen molar-refractivity contribution in [2.24, 2.45) is 5.92 Å². The van der Waals surface area contributed by atoms with Crippen molar-refractivity contribution in [1.82, 2.24) is 39.7 Å². The third-order valence-corrected chi connectivity index (χ3v) is 16.4. The maximum Gasteiger partial charge on any atom is 0.313 e. The van der Waals surface area contributed by atoms with Gasteiger partial charge in [-0.1, -0.05) is 35.5 Å². The summed E-state index contributed by atoms with van der Waals surface area (Å²) < 4.78 is 121. The first-order valence-electron chi connectivity index (χ1n) is 31.0. The number of carbonyl (C=O) groups is 3. The van der Waals surface area contributed by atoms with Gasteiger partial charge in [0.1, 0.15) is 11.6 Å². The fourth-order valence-corrected chi connectivity index (χ4v) is 12.0. The van der Waals surface area contributed by atoms with Gasteiger partial charge in [-0.2, -0.15) is 0 Å². The zero-order chi connectivity index (χ0) is 61.2. The Balaban J connectivity index is 0.580. The number of esters is 1. The van der Waals surface area contributed by atoms with E-state index >= 15 is 0 Å². The molecule has 3 fully saturated rings. The normalized spacial score (nSPS) is 18.9. The van der Waals surface area contributed by atoms with Crippen LogP contribution in [-0.2, 0) is 78.2 Å². The third-order valence-electron chi connectivity index (χ3n) is 16.4. The van der Waals surface area contributed by atoms with Gasteiger partial charge in [0.05, 0.1) is 143 Å². The molecule has 0 radical (unpaired) electrons. The van der Waals surface area contributed by atoms with Gasteiger partial charge < -0.3 is 57.4 Å². The van der Waals surface area contributed by atoms with Crippen LogP contribution in [0.4, 0.5) is 22.0 Å². The van der Waals surface area contributed by atoms with E-state index in [1.54, 1.807) is 4.68 Å². The quantitative estimate of drug-likeness (QED) is 0.0195. The van der Waals surface area contributed by atoms with E-state index in [1.165, 1.54) is 5.69 Å². The fraction of sp³-hybridized carbons (Fsp3) is 0.677. The Labute approximate surface area is 506 Å². The molecule has 20 nitrogen and oxygen atoms in total. The highest BCUT2D eigenvalue weighted by Gasteiger charge is 2.43. The molecule has 2 aromatic carbocycles. The molecule has 3 aliphatic heterocycles. The zero-order valence-electron chi connectivity index (χ0n) is 50.2. The van der Waals surface area contributed by atoms with Crippen molar-refractivity contribution in [2.45, 2.75) is 146 Å². The van der Waals surface area contributed by atoms with Gasteiger partial charge in [0.15, 0.2) is 11.6 Å². The number of hydrogen-bond acceptors (Lipinski definition) is 16. The lowest BCUT2D eigenvalue weighted by Gasteiger charge is -2.41. The monoisotopic (exact) mass is 1230 g/mol. The van der Waals surface area contributed by atoms with Crippen molar-refractivity contribution >= 4 is 17.8 Å². The molecule has 2 saturated heterocycles. The lowest BCUT2D eigenvalue weighted by atomic mass is 9.86. The highest BCUT2D eigenvalue weighted by atomic mass is 19.3. The molecule has 3 atom stereocenters. The fourth-order valence-electron chi connectivity index (χ4n) is 12.0. The molecule has 0 spiro atoms. The van der Waals surface area contributed by atoms with E-state index in [9.17, 15) is 36.3 Å².